The average molecular weight is 690 g/mol. The summed E-state index contributed by atoms with van der Waals surface area (Å²) in [7, 11) is 0. The van der Waals surface area contributed by atoms with Crippen LogP contribution in [0.1, 0.15) is 80.7 Å². The topological polar surface area (TPSA) is 37.6 Å². The van der Waals surface area contributed by atoms with Crippen LogP contribution in [0, 0.1) is 47.8 Å². The second kappa shape index (κ2) is 18.4. The third-order valence-corrected chi connectivity index (χ3v) is 6.20. The summed E-state index contributed by atoms with van der Waals surface area (Å²) in [4.78, 5) is 15.1. The van der Waals surface area contributed by atoms with Crippen molar-refractivity contribution in [1.29, 1.82) is 0 Å². The van der Waals surface area contributed by atoms with Gasteiger partial charge in [0.2, 0.25) is 0 Å². The molecule has 3 rings (SSSR count). The van der Waals surface area contributed by atoms with Crippen LogP contribution in [0.15, 0.2) is 58.5 Å². The van der Waals surface area contributed by atoms with Gasteiger partial charge < -0.3 is 37.2 Å². The van der Waals surface area contributed by atoms with Crippen molar-refractivity contribution in [2.24, 2.45) is 9.98 Å². The third kappa shape index (κ3) is 9.69. The van der Waals surface area contributed by atoms with E-state index in [-0.39, 0.29) is 78.1 Å². The molecule has 0 fully saturated rings. The van der Waals surface area contributed by atoms with Crippen molar-refractivity contribution >= 4 is 22.8 Å². The molecule has 3 nitrogen and oxygen atoms in total. The van der Waals surface area contributed by atoms with Crippen LogP contribution in [0.3, 0.4) is 0 Å². The van der Waals surface area contributed by atoms with E-state index in [1.165, 1.54) is 22.3 Å². The molecule has 7 heteroatoms. The van der Waals surface area contributed by atoms with Crippen molar-refractivity contribution in [3.05, 3.63) is 87.7 Å². The fourth-order valence-corrected chi connectivity index (χ4v) is 4.21. The standard InChI is InChI=1S/C30H37N3.3ClH.Nd/c1-8-23-14-12-15-24(9-2)29(23)31-21(6)27-18-20(5)19-28(33-27)22(7)32-30-25(10-3)16-13-17-26(30)11-4;;;;/h12-19H,8-11H2,1-7H3;3*1H;/q;;;;+3/p-3. The van der Waals surface area contributed by atoms with Gasteiger partial charge >= 0.3 is 40.8 Å². The molecule has 0 aliphatic heterocycles. The molecule has 0 N–H and O–H groups in total. The number of aliphatic imine (C=N–C) groups is 2. The monoisotopic (exact) mass is 686 g/mol. The molecular formula is C30H37Cl3N3Nd. The summed E-state index contributed by atoms with van der Waals surface area (Å²) in [5.74, 6) is 0. The fraction of sp³-hybridized carbons (Fsp3) is 0.367. The zero-order valence-corrected chi connectivity index (χ0v) is 28.4. The number of pyridine rings is 1. The first-order chi connectivity index (χ1) is 15.9. The Morgan fingerprint density at radius 3 is 1.19 bits per heavy atom. The van der Waals surface area contributed by atoms with E-state index in [0.29, 0.717) is 0 Å². The quantitative estimate of drug-likeness (QED) is 0.278. The molecule has 0 unspecified atom stereocenters. The van der Waals surface area contributed by atoms with Gasteiger partial charge in [0.25, 0.3) is 0 Å². The van der Waals surface area contributed by atoms with Crippen molar-refractivity contribution in [3.63, 3.8) is 0 Å². The molecule has 0 aliphatic carbocycles. The van der Waals surface area contributed by atoms with E-state index >= 15 is 0 Å². The van der Waals surface area contributed by atoms with E-state index in [1.807, 2.05) is 0 Å². The first kappa shape index (κ1) is 38.3. The van der Waals surface area contributed by atoms with Crippen molar-refractivity contribution < 1.29 is 78.1 Å². The van der Waals surface area contributed by atoms with Crippen LogP contribution in [-0.2, 0) is 25.7 Å². The number of benzene rings is 2. The zero-order chi connectivity index (χ0) is 24.0. The number of hydrogen-bond donors (Lipinski definition) is 0. The maximum atomic E-state index is 5.07. The molecule has 197 valence electrons. The van der Waals surface area contributed by atoms with Crippen LogP contribution in [-0.4, -0.2) is 16.4 Å². The molecule has 1 aromatic heterocycles. The molecule has 0 saturated carbocycles. The molecule has 0 spiro atoms. The normalized spacial score (nSPS) is 11.0. The van der Waals surface area contributed by atoms with Gasteiger partial charge in [-0.05, 0) is 86.4 Å². The summed E-state index contributed by atoms with van der Waals surface area (Å²) in [5, 5.41) is 0. The molecule has 0 atom stereocenters. The number of para-hydroxylation sites is 2. The van der Waals surface area contributed by atoms with Crippen LogP contribution in [0.25, 0.3) is 0 Å². The van der Waals surface area contributed by atoms with E-state index in [0.717, 1.165) is 65.4 Å². The molecule has 1 heterocycles. The largest absolute Gasteiger partial charge is 3.00 e. The van der Waals surface area contributed by atoms with Gasteiger partial charge in [-0.3, -0.25) is 9.98 Å². The Morgan fingerprint density at radius 1 is 0.622 bits per heavy atom. The van der Waals surface area contributed by atoms with E-state index in [2.05, 4.69) is 97.0 Å². The molecular weight excluding hydrogens is 653 g/mol. The Balaban J connectivity index is 0. The van der Waals surface area contributed by atoms with Gasteiger partial charge in [-0.1, -0.05) is 64.1 Å². The maximum absolute atomic E-state index is 5.07. The number of hydrogen-bond acceptors (Lipinski definition) is 3. The smallest absolute Gasteiger partial charge is 1.00 e. The molecule has 0 aliphatic rings. The Bertz CT molecular complexity index is 1070. The first-order valence-corrected chi connectivity index (χ1v) is 12.2. The molecule has 3 aromatic rings. The predicted octanol–water partition coefficient (Wildman–Crippen LogP) is -1.07. The summed E-state index contributed by atoms with van der Waals surface area (Å²) < 4.78 is 0. The summed E-state index contributed by atoms with van der Waals surface area (Å²) in [6.45, 7) is 15.0. The minimum absolute atomic E-state index is 0. The van der Waals surface area contributed by atoms with Crippen molar-refractivity contribution in [2.45, 2.75) is 74.1 Å². The third-order valence-electron chi connectivity index (χ3n) is 6.20. The van der Waals surface area contributed by atoms with E-state index < -0.39 is 0 Å². The summed E-state index contributed by atoms with van der Waals surface area (Å²) in [6.07, 6.45) is 3.87. The second-order valence-corrected chi connectivity index (χ2v) is 8.57. The Kier molecular flexibility index (Phi) is 19.1. The van der Waals surface area contributed by atoms with E-state index in [1.54, 1.807) is 0 Å². The van der Waals surface area contributed by atoms with Crippen LogP contribution >= 0.6 is 0 Å². The summed E-state index contributed by atoms with van der Waals surface area (Å²) >= 11 is 0. The van der Waals surface area contributed by atoms with Crippen molar-refractivity contribution in [2.75, 3.05) is 0 Å². The predicted molar refractivity (Wildman–Crippen MR) is 143 cm³/mol. The van der Waals surface area contributed by atoms with E-state index in [9.17, 15) is 0 Å². The van der Waals surface area contributed by atoms with Crippen LogP contribution in [0.4, 0.5) is 11.4 Å². The molecule has 2 aromatic carbocycles. The zero-order valence-electron chi connectivity index (χ0n) is 22.9. The van der Waals surface area contributed by atoms with Crippen molar-refractivity contribution in [1.82, 2.24) is 4.98 Å². The summed E-state index contributed by atoms with van der Waals surface area (Å²) in [6, 6.07) is 17.2. The summed E-state index contributed by atoms with van der Waals surface area (Å²) in [5.41, 5.74) is 12.2. The first-order valence-electron chi connectivity index (χ1n) is 12.2. The van der Waals surface area contributed by atoms with E-state index in [4.69, 9.17) is 15.0 Å². The van der Waals surface area contributed by atoms with Gasteiger partial charge in [-0.15, -0.1) is 0 Å². The molecule has 1 radical (unpaired) electrons. The minimum atomic E-state index is 0. The Labute approximate surface area is 275 Å². The number of rotatable bonds is 8. The Morgan fingerprint density at radius 2 is 0.919 bits per heavy atom. The van der Waals surface area contributed by atoms with Gasteiger partial charge in [0.1, 0.15) is 0 Å². The molecule has 37 heavy (non-hydrogen) atoms. The minimum Gasteiger partial charge on any atom is -1.00 e. The van der Waals surface area contributed by atoms with Gasteiger partial charge in [-0.2, -0.15) is 0 Å². The fourth-order valence-electron chi connectivity index (χ4n) is 4.21. The molecule has 0 amide bonds. The van der Waals surface area contributed by atoms with Crippen LogP contribution in [0.5, 0.6) is 0 Å². The number of aryl methyl sites for hydroxylation is 5. The van der Waals surface area contributed by atoms with Gasteiger partial charge in [0.05, 0.1) is 34.2 Å². The van der Waals surface area contributed by atoms with Gasteiger partial charge in [0.15, 0.2) is 0 Å². The average Bonchev–Trinajstić information content (AvgIpc) is 2.83. The van der Waals surface area contributed by atoms with Gasteiger partial charge in [-0.25, -0.2) is 4.98 Å². The Hall–Kier alpha value is -0.849. The van der Waals surface area contributed by atoms with Crippen LogP contribution in [0.2, 0.25) is 0 Å². The van der Waals surface area contributed by atoms with Crippen molar-refractivity contribution in [3.8, 4) is 0 Å². The van der Waals surface area contributed by atoms with Crippen LogP contribution < -0.4 is 37.2 Å². The second-order valence-electron chi connectivity index (χ2n) is 8.57. The number of halogens is 3. The SMILES string of the molecule is CCc1cccc(CC)c1N=C(C)c1cc(C)cc(C(C)=Nc2c(CC)cccc2CC)n1.[Cl-].[Cl-].[Cl-].[Nd+3]. The van der Waals surface area contributed by atoms with Gasteiger partial charge in [0, 0.05) is 0 Å². The molecule has 0 bridgehead atoms. The molecule has 0 saturated heterocycles. The maximum Gasteiger partial charge on any atom is 3.00 e. The number of nitrogens with zero attached hydrogens (tertiary/aromatic N) is 3. The number of aromatic nitrogens is 1.